The van der Waals surface area contributed by atoms with Crippen LogP contribution in [0.3, 0.4) is 0 Å². The van der Waals surface area contributed by atoms with E-state index in [1.54, 1.807) is 0 Å². The summed E-state index contributed by atoms with van der Waals surface area (Å²) in [7, 11) is 0. The number of rotatable bonds is 9. The molecule has 0 radical (unpaired) electrons. The van der Waals surface area contributed by atoms with Gasteiger partial charge in [-0.2, -0.15) is 0 Å². The summed E-state index contributed by atoms with van der Waals surface area (Å²) in [5.41, 5.74) is 6.02. The van der Waals surface area contributed by atoms with Crippen LogP contribution < -0.4 is 5.73 Å². The summed E-state index contributed by atoms with van der Waals surface area (Å²) in [6.07, 6.45) is 17.6. The largest absolute Gasteiger partial charge is 0.330 e. The highest BCUT2D eigenvalue weighted by atomic mass is 14.6. The monoisotopic (exact) mass is 249 g/mol. The first-order chi connectivity index (χ1) is 8.85. The molecule has 1 nitrogen and oxygen atoms in total. The second kappa shape index (κ2) is 7.33. The van der Waals surface area contributed by atoms with Gasteiger partial charge in [0.1, 0.15) is 0 Å². The fraction of sp³-hybridized carbons (Fsp3) is 0.882. The summed E-state index contributed by atoms with van der Waals surface area (Å²) in [5, 5.41) is 0. The SMILES string of the molecule is CCCCCCCCC(CN)C1CC2C=CC1C2. The molecule has 2 aliphatic rings. The lowest BCUT2D eigenvalue weighted by atomic mass is 9.79. The number of allylic oxidation sites excluding steroid dienone is 2. The predicted molar refractivity (Wildman–Crippen MR) is 79.4 cm³/mol. The van der Waals surface area contributed by atoms with E-state index in [2.05, 4.69) is 19.1 Å². The minimum absolute atomic E-state index is 0.802. The Morgan fingerprint density at radius 1 is 1.06 bits per heavy atom. The summed E-state index contributed by atoms with van der Waals surface area (Å²) >= 11 is 0. The third kappa shape index (κ3) is 3.60. The van der Waals surface area contributed by atoms with Gasteiger partial charge in [-0.15, -0.1) is 0 Å². The molecule has 1 heteroatoms. The summed E-state index contributed by atoms with van der Waals surface area (Å²) < 4.78 is 0. The maximum atomic E-state index is 6.02. The molecule has 1 saturated carbocycles. The zero-order chi connectivity index (χ0) is 12.8. The van der Waals surface area contributed by atoms with Crippen LogP contribution in [0.5, 0.6) is 0 Å². The van der Waals surface area contributed by atoms with Gasteiger partial charge in [-0.3, -0.25) is 0 Å². The van der Waals surface area contributed by atoms with Crippen LogP contribution in [0.4, 0.5) is 0 Å². The van der Waals surface area contributed by atoms with Crippen molar-refractivity contribution in [2.24, 2.45) is 29.4 Å². The molecule has 4 atom stereocenters. The van der Waals surface area contributed by atoms with Gasteiger partial charge in [0.25, 0.3) is 0 Å². The number of hydrogen-bond acceptors (Lipinski definition) is 1. The van der Waals surface area contributed by atoms with Gasteiger partial charge in [0, 0.05) is 0 Å². The van der Waals surface area contributed by atoms with Crippen LogP contribution in [-0.4, -0.2) is 6.54 Å². The van der Waals surface area contributed by atoms with Crippen LogP contribution in [0.25, 0.3) is 0 Å². The maximum Gasteiger partial charge on any atom is -0.00460 e. The van der Waals surface area contributed by atoms with E-state index in [1.807, 2.05) is 0 Å². The molecule has 0 saturated heterocycles. The zero-order valence-electron chi connectivity index (χ0n) is 12.1. The molecule has 1 fully saturated rings. The molecule has 0 aromatic rings. The van der Waals surface area contributed by atoms with Crippen molar-refractivity contribution in [2.75, 3.05) is 6.54 Å². The Morgan fingerprint density at radius 2 is 1.83 bits per heavy atom. The molecule has 2 bridgehead atoms. The number of hydrogen-bond donors (Lipinski definition) is 1. The normalized spacial score (nSPS) is 31.1. The zero-order valence-corrected chi connectivity index (χ0v) is 12.1. The highest BCUT2D eigenvalue weighted by Crippen LogP contribution is 2.47. The molecule has 0 amide bonds. The van der Waals surface area contributed by atoms with Crippen LogP contribution in [0, 0.1) is 23.7 Å². The molecule has 0 aromatic heterocycles. The molecule has 0 aromatic carbocycles. The lowest BCUT2D eigenvalue weighted by molar-refractivity contribution is 0.270. The van der Waals surface area contributed by atoms with Gasteiger partial charge in [0.15, 0.2) is 0 Å². The minimum atomic E-state index is 0.802. The van der Waals surface area contributed by atoms with Gasteiger partial charge in [-0.1, -0.05) is 57.6 Å². The molecule has 104 valence electrons. The highest BCUT2D eigenvalue weighted by Gasteiger charge is 2.38. The minimum Gasteiger partial charge on any atom is -0.330 e. The first-order valence-corrected chi connectivity index (χ1v) is 8.23. The Hall–Kier alpha value is -0.300. The standard InChI is InChI=1S/C17H31N/c1-2-3-4-5-6-7-8-16(13-18)17-12-14-9-10-15(17)11-14/h9-10,14-17H,2-8,11-13,18H2,1H3. The average Bonchev–Trinajstić information content (AvgIpc) is 3.00. The van der Waals surface area contributed by atoms with Crippen LogP contribution in [0.15, 0.2) is 12.2 Å². The van der Waals surface area contributed by atoms with Gasteiger partial charge in [0.2, 0.25) is 0 Å². The van der Waals surface area contributed by atoms with Crippen molar-refractivity contribution < 1.29 is 0 Å². The Morgan fingerprint density at radius 3 is 2.44 bits per heavy atom. The molecule has 0 heterocycles. The summed E-state index contributed by atoms with van der Waals surface area (Å²) in [4.78, 5) is 0. The summed E-state index contributed by atoms with van der Waals surface area (Å²) in [6, 6.07) is 0. The van der Waals surface area contributed by atoms with E-state index < -0.39 is 0 Å². The fourth-order valence-corrected chi connectivity index (χ4v) is 4.06. The second-order valence-electron chi connectivity index (χ2n) is 6.50. The molecule has 0 aliphatic heterocycles. The van der Waals surface area contributed by atoms with Crippen LogP contribution in [0.2, 0.25) is 0 Å². The van der Waals surface area contributed by atoms with E-state index in [0.717, 1.165) is 30.2 Å². The summed E-state index contributed by atoms with van der Waals surface area (Å²) in [5.74, 6) is 3.50. The Balaban J connectivity index is 1.62. The molecule has 2 N–H and O–H groups in total. The lowest BCUT2D eigenvalue weighted by Gasteiger charge is -2.27. The number of nitrogens with two attached hydrogens (primary N) is 1. The number of unbranched alkanes of at least 4 members (excludes halogenated alkanes) is 5. The maximum absolute atomic E-state index is 6.02. The van der Waals surface area contributed by atoms with Gasteiger partial charge in [0.05, 0.1) is 0 Å². The van der Waals surface area contributed by atoms with E-state index in [1.165, 1.54) is 57.8 Å². The fourth-order valence-electron chi connectivity index (χ4n) is 4.06. The third-order valence-corrected chi connectivity index (χ3v) is 5.17. The first-order valence-electron chi connectivity index (χ1n) is 8.23. The molecular formula is C17H31N. The van der Waals surface area contributed by atoms with E-state index in [0.29, 0.717) is 0 Å². The highest BCUT2D eigenvalue weighted by molar-refractivity contribution is 5.11. The predicted octanol–water partition coefficient (Wildman–Crippen LogP) is 4.52. The van der Waals surface area contributed by atoms with Crippen molar-refractivity contribution in [1.82, 2.24) is 0 Å². The smallest absolute Gasteiger partial charge is 0.00460 e. The second-order valence-corrected chi connectivity index (χ2v) is 6.50. The van der Waals surface area contributed by atoms with E-state index in [9.17, 15) is 0 Å². The Bertz CT molecular complexity index is 258. The molecular weight excluding hydrogens is 218 g/mol. The molecule has 18 heavy (non-hydrogen) atoms. The van der Waals surface area contributed by atoms with Gasteiger partial charge >= 0.3 is 0 Å². The van der Waals surface area contributed by atoms with Crippen molar-refractivity contribution in [1.29, 1.82) is 0 Å². The topological polar surface area (TPSA) is 26.0 Å². The third-order valence-electron chi connectivity index (χ3n) is 5.17. The molecule has 2 aliphatic carbocycles. The van der Waals surface area contributed by atoms with Gasteiger partial charge in [-0.05, 0) is 49.5 Å². The van der Waals surface area contributed by atoms with Gasteiger partial charge < -0.3 is 5.73 Å². The lowest BCUT2D eigenvalue weighted by Crippen LogP contribution is -2.26. The van der Waals surface area contributed by atoms with Crippen molar-refractivity contribution in [3.05, 3.63) is 12.2 Å². The van der Waals surface area contributed by atoms with Crippen LogP contribution >= 0.6 is 0 Å². The van der Waals surface area contributed by atoms with E-state index in [4.69, 9.17) is 5.73 Å². The van der Waals surface area contributed by atoms with Crippen molar-refractivity contribution in [3.8, 4) is 0 Å². The van der Waals surface area contributed by atoms with Crippen molar-refractivity contribution in [2.45, 2.75) is 64.7 Å². The van der Waals surface area contributed by atoms with Gasteiger partial charge in [-0.25, -0.2) is 0 Å². The van der Waals surface area contributed by atoms with Crippen molar-refractivity contribution >= 4 is 0 Å². The first kappa shape index (κ1) is 14.1. The van der Waals surface area contributed by atoms with Crippen LogP contribution in [0.1, 0.15) is 64.7 Å². The average molecular weight is 249 g/mol. The molecule has 0 spiro atoms. The molecule has 2 rings (SSSR count). The molecule has 4 unspecified atom stereocenters. The Kier molecular flexibility index (Phi) is 5.75. The number of fused-ring (bicyclic) bond motifs is 2. The Labute approximate surface area is 113 Å². The van der Waals surface area contributed by atoms with E-state index >= 15 is 0 Å². The van der Waals surface area contributed by atoms with Crippen LogP contribution in [-0.2, 0) is 0 Å². The van der Waals surface area contributed by atoms with Crippen molar-refractivity contribution in [3.63, 3.8) is 0 Å². The van der Waals surface area contributed by atoms with E-state index in [-0.39, 0.29) is 0 Å². The quantitative estimate of drug-likeness (QED) is 0.472. The summed E-state index contributed by atoms with van der Waals surface area (Å²) in [6.45, 7) is 3.20.